The van der Waals surface area contributed by atoms with Crippen LogP contribution in [0.2, 0.25) is 5.02 Å². The van der Waals surface area contributed by atoms with E-state index in [4.69, 9.17) is 17.3 Å². The summed E-state index contributed by atoms with van der Waals surface area (Å²) in [6.45, 7) is 3.25. The van der Waals surface area contributed by atoms with E-state index in [0.717, 1.165) is 24.8 Å². The Morgan fingerprint density at radius 1 is 1.26 bits per heavy atom. The fraction of sp³-hybridized carbons (Fsp3) is 0.538. The zero-order chi connectivity index (χ0) is 14.0. The van der Waals surface area contributed by atoms with E-state index in [1.54, 1.807) is 17.3 Å². The molecule has 1 aliphatic rings. The van der Waals surface area contributed by atoms with Crippen LogP contribution in [0.15, 0.2) is 17.0 Å². The quantitative estimate of drug-likeness (QED) is 0.931. The molecule has 106 valence electrons. The van der Waals surface area contributed by atoms with E-state index < -0.39 is 10.0 Å². The first-order valence-electron chi connectivity index (χ1n) is 6.46. The van der Waals surface area contributed by atoms with E-state index in [9.17, 15) is 8.42 Å². The highest BCUT2D eigenvalue weighted by Crippen LogP contribution is 2.28. The lowest BCUT2D eigenvalue weighted by atomic mass is 10.1. The van der Waals surface area contributed by atoms with Crippen LogP contribution >= 0.6 is 11.6 Å². The Morgan fingerprint density at radius 2 is 1.89 bits per heavy atom. The molecule has 0 unspecified atom stereocenters. The molecule has 0 spiro atoms. The summed E-state index contributed by atoms with van der Waals surface area (Å²) < 4.78 is 26.9. The van der Waals surface area contributed by atoms with Crippen LogP contribution in [0.3, 0.4) is 0 Å². The fourth-order valence-electron chi connectivity index (χ4n) is 2.43. The van der Waals surface area contributed by atoms with Crippen molar-refractivity contribution in [3.05, 3.63) is 28.3 Å². The molecule has 0 aromatic heterocycles. The number of rotatable bonds is 3. The highest BCUT2D eigenvalue weighted by molar-refractivity contribution is 7.89. The SMILES string of the molecule is Cc1c(CN)cc(Cl)cc1S(=O)(=O)N1CCCCC1. The summed E-state index contributed by atoms with van der Waals surface area (Å²) >= 11 is 6.01. The van der Waals surface area contributed by atoms with Gasteiger partial charge in [0, 0.05) is 24.7 Å². The first kappa shape index (κ1) is 14.8. The number of nitrogens with zero attached hydrogens (tertiary/aromatic N) is 1. The smallest absolute Gasteiger partial charge is 0.243 e. The molecule has 0 bridgehead atoms. The van der Waals surface area contributed by atoms with Crippen LogP contribution in [0, 0.1) is 6.92 Å². The number of sulfonamides is 1. The Balaban J connectivity index is 2.47. The van der Waals surface area contributed by atoms with Gasteiger partial charge in [-0.05, 0) is 43.0 Å². The minimum atomic E-state index is -3.45. The average molecular weight is 303 g/mol. The highest BCUT2D eigenvalue weighted by atomic mass is 35.5. The first-order valence-corrected chi connectivity index (χ1v) is 8.28. The molecule has 6 heteroatoms. The third-order valence-corrected chi connectivity index (χ3v) is 5.83. The second-order valence-corrected chi connectivity index (χ2v) is 7.20. The highest BCUT2D eigenvalue weighted by Gasteiger charge is 2.28. The molecule has 1 fully saturated rings. The van der Waals surface area contributed by atoms with Crippen molar-refractivity contribution < 1.29 is 8.42 Å². The Kier molecular flexibility index (Phi) is 4.50. The molecule has 4 nitrogen and oxygen atoms in total. The number of hydrogen-bond acceptors (Lipinski definition) is 3. The van der Waals surface area contributed by atoms with Crippen LogP contribution in [0.5, 0.6) is 0 Å². The third kappa shape index (κ3) is 2.94. The molecule has 1 aromatic carbocycles. The molecule has 1 saturated heterocycles. The van der Waals surface area contributed by atoms with E-state index in [0.29, 0.717) is 28.6 Å². The summed E-state index contributed by atoms with van der Waals surface area (Å²) in [5.41, 5.74) is 7.13. The molecular formula is C13H19ClN2O2S. The van der Waals surface area contributed by atoms with Crippen LogP contribution in [0.4, 0.5) is 0 Å². The lowest BCUT2D eigenvalue weighted by Gasteiger charge is -2.27. The van der Waals surface area contributed by atoms with E-state index in [-0.39, 0.29) is 6.54 Å². The second-order valence-electron chi connectivity index (χ2n) is 4.86. The van der Waals surface area contributed by atoms with Crippen LogP contribution in [0.1, 0.15) is 30.4 Å². The summed E-state index contributed by atoms with van der Waals surface area (Å²) in [4.78, 5) is 0.294. The van der Waals surface area contributed by atoms with Gasteiger partial charge < -0.3 is 5.73 Å². The van der Waals surface area contributed by atoms with Gasteiger partial charge in [-0.15, -0.1) is 0 Å². The van der Waals surface area contributed by atoms with Gasteiger partial charge in [-0.3, -0.25) is 0 Å². The van der Waals surface area contributed by atoms with Gasteiger partial charge in [0.1, 0.15) is 0 Å². The minimum absolute atomic E-state index is 0.287. The molecule has 0 atom stereocenters. The fourth-order valence-corrected chi connectivity index (χ4v) is 4.55. The average Bonchev–Trinajstić information content (AvgIpc) is 2.41. The summed E-state index contributed by atoms with van der Waals surface area (Å²) in [7, 11) is -3.45. The summed E-state index contributed by atoms with van der Waals surface area (Å²) in [5, 5.41) is 0.418. The van der Waals surface area contributed by atoms with Crippen LogP contribution < -0.4 is 5.73 Å². The Morgan fingerprint density at radius 3 is 2.47 bits per heavy atom. The van der Waals surface area contributed by atoms with Crippen molar-refractivity contribution in [2.75, 3.05) is 13.1 Å². The normalized spacial score (nSPS) is 17.6. The van der Waals surface area contributed by atoms with E-state index in [1.807, 2.05) is 0 Å². The van der Waals surface area contributed by atoms with E-state index in [1.165, 1.54) is 6.07 Å². The van der Waals surface area contributed by atoms with Crippen LogP contribution in [-0.4, -0.2) is 25.8 Å². The first-order chi connectivity index (χ1) is 8.96. The molecule has 0 radical (unpaired) electrons. The van der Waals surface area contributed by atoms with Crippen molar-refractivity contribution in [1.82, 2.24) is 4.31 Å². The molecule has 0 amide bonds. The van der Waals surface area contributed by atoms with Gasteiger partial charge in [-0.25, -0.2) is 8.42 Å². The van der Waals surface area contributed by atoms with Crippen molar-refractivity contribution in [3.8, 4) is 0 Å². The maximum Gasteiger partial charge on any atom is 0.243 e. The monoisotopic (exact) mass is 302 g/mol. The van der Waals surface area contributed by atoms with Gasteiger partial charge in [0.05, 0.1) is 4.90 Å². The zero-order valence-corrected chi connectivity index (χ0v) is 12.6. The summed E-state index contributed by atoms with van der Waals surface area (Å²) in [6.07, 6.45) is 2.93. The van der Waals surface area contributed by atoms with Crippen LogP contribution in [0.25, 0.3) is 0 Å². The predicted octanol–water partition coefficient (Wildman–Crippen LogP) is 2.28. The van der Waals surface area contributed by atoms with Gasteiger partial charge in [0.2, 0.25) is 10.0 Å². The molecule has 1 heterocycles. The minimum Gasteiger partial charge on any atom is -0.326 e. The molecule has 1 aromatic rings. The summed E-state index contributed by atoms with van der Waals surface area (Å²) in [5.74, 6) is 0. The number of hydrogen-bond donors (Lipinski definition) is 1. The van der Waals surface area contributed by atoms with Crippen molar-refractivity contribution >= 4 is 21.6 Å². The van der Waals surface area contributed by atoms with Crippen molar-refractivity contribution in [1.29, 1.82) is 0 Å². The Hall–Kier alpha value is -0.620. The Labute approximate surface area is 119 Å². The molecule has 1 aliphatic heterocycles. The molecule has 19 heavy (non-hydrogen) atoms. The lowest BCUT2D eigenvalue weighted by molar-refractivity contribution is 0.346. The second kappa shape index (κ2) is 5.79. The molecular weight excluding hydrogens is 284 g/mol. The largest absolute Gasteiger partial charge is 0.326 e. The number of nitrogens with two attached hydrogens (primary N) is 1. The number of benzene rings is 1. The molecule has 2 rings (SSSR count). The van der Waals surface area contributed by atoms with Gasteiger partial charge in [0.15, 0.2) is 0 Å². The zero-order valence-electron chi connectivity index (χ0n) is 11.0. The third-order valence-electron chi connectivity index (χ3n) is 3.59. The molecule has 0 aliphatic carbocycles. The molecule has 0 saturated carbocycles. The van der Waals surface area contributed by atoms with E-state index >= 15 is 0 Å². The maximum atomic E-state index is 12.7. The standard InChI is InChI=1S/C13H19ClN2O2S/c1-10-11(9-15)7-12(14)8-13(10)19(17,18)16-5-3-2-4-6-16/h7-8H,2-6,9,15H2,1H3. The van der Waals surface area contributed by atoms with E-state index in [2.05, 4.69) is 0 Å². The lowest BCUT2D eigenvalue weighted by Crippen LogP contribution is -2.36. The van der Waals surface area contributed by atoms with Crippen molar-refractivity contribution in [3.63, 3.8) is 0 Å². The van der Waals surface area contributed by atoms with Gasteiger partial charge in [-0.2, -0.15) is 4.31 Å². The van der Waals surface area contributed by atoms with Crippen molar-refractivity contribution in [2.45, 2.75) is 37.6 Å². The number of piperidine rings is 1. The van der Waals surface area contributed by atoms with Crippen LogP contribution in [-0.2, 0) is 16.6 Å². The topological polar surface area (TPSA) is 63.4 Å². The van der Waals surface area contributed by atoms with Gasteiger partial charge >= 0.3 is 0 Å². The number of halogens is 1. The van der Waals surface area contributed by atoms with Gasteiger partial charge in [-0.1, -0.05) is 18.0 Å². The summed E-state index contributed by atoms with van der Waals surface area (Å²) in [6, 6.07) is 3.26. The predicted molar refractivity (Wildman–Crippen MR) is 76.7 cm³/mol. The van der Waals surface area contributed by atoms with Gasteiger partial charge in [0.25, 0.3) is 0 Å². The Bertz CT molecular complexity index is 566. The maximum absolute atomic E-state index is 12.7. The molecule has 2 N–H and O–H groups in total. The van der Waals surface area contributed by atoms with Crippen molar-refractivity contribution in [2.24, 2.45) is 5.73 Å².